The van der Waals surface area contributed by atoms with Crippen LogP contribution in [0.2, 0.25) is 0 Å². The van der Waals surface area contributed by atoms with Crippen molar-refractivity contribution in [1.82, 2.24) is 0 Å². The lowest BCUT2D eigenvalue weighted by atomic mass is 10.1. The SMILES string of the molecule is CCC(=O)N(c1ccccc1N(C=O)c1ccccc1)C(C)C. The quantitative estimate of drug-likeness (QED) is 0.753. The zero-order chi connectivity index (χ0) is 16.8. The smallest absolute Gasteiger partial charge is 0.227 e. The summed E-state index contributed by atoms with van der Waals surface area (Å²) >= 11 is 0. The summed E-state index contributed by atoms with van der Waals surface area (Å²) < 4.78 is 0. The van der Waals surface area contributed by atoms with E-state index in [2.05, 4.69) is 0 Å². The van der Waals surface area contributed by atoms with Gasteiger partial charge in [-0.1, -0.05) is 37.3 Å². The van der Waals surface area contributed by atoms with Gasteiger partial charge in [0.2, 0.25) is 12.3 Å². The second-order valence-corrected chi connectivity index (χ2v) is 5.51. The zero-order valence-electron chi connectivity index (χ0n) is 13.8. The molecule has 2 rings (SSSR count). The molecule has 0 aliphatic carbocycles. The lowest BCUT2D eigenvalue weighted by Crippen LogP contribution is -2.37. The molecule has 0 spiro atoms. The highest BCUT2D eigenvalue weighted by molar-refractivity contribution is 6.01. The fourth-order valence-corrected chi connectivity index (χ4v) is 2.59. The first-order valence-electron chi connectivity index (χ1n) is 7.80. The third-order valence-corrected chi connectivity index (χ3v) is 3.63. The van der Waals surface area contributed by atoms with E-state index in [1.165, 1.54) is 0 Å². The van der Waals surface area contributed by atoms with Gasteiger partial charge in [0.15, 0.2) is 0 Å². The highest BCUT2D eigenvalue weighted by atomic mass is 16.2. The summed E-state index contributed by atoms with van der Waals surface area (Å²) in [7, 11) is 0. The van der Waals surface area contributed by atoms with Crippen LogP contribution >= 0.6 is 0 Å². The van der Waals surface area contributed by atoms with Gasteiger partial charge in [-0.3, -0.25) is 14.5 Å². The van der Waals surface area contributed by atoms with Crippen molar-refractivity contribution in [2.24, 2.45) is 0 Å². The first kappa shape index (κ1) is 16.7. The molecule has 0 N–H and O–H groups in total. The average Bonchev–Trinajstić information content (AvgIpc) is 2.57. The minimum atomic E-state index is 0.00729. The molecular weight excluding hydrogens is 288 g/mol. The van der Waals surface area contributed by atoms with Gasteiger partial charge in [-0.05, 0) is 38.1 Å². The van der Waals surface area contributed by atoms with Crippen LogP contribution in [0.15, 0.2) is 54.6 Å². The molecule has 0 unspecified atom stereocenters. The van der Waals surface area contributed by atoms with Crippen molar-refractivity contribution >= 4 is 29.4 Å². The highest BCUT2D eigenvalue weighted by Crippen LogP contribution is 2.34. The summed E-state index contributed by atoms with van der Waals surface area (Å²) in [6, 6.07) is 16.9. The average molecular weight is 310 g/mol. The number of nitrogens with zero attached hydrogens (tertiary/aromatic N) is 2. The molecule has 0 fully saturated rings. The lowest BCUT2D eigenvalue weighted by molar-refractivity contribution is -0.118. The van der Waals surface area contributed by atoms with E-state index in [0.29, 0.717) is 12.1 Å². The molecule has 0 aliphatic heterocycles. The Kier molecular flexibility index (Phi) is 5.52. The molecule has 0 aliphatic rings. The van der Waals surface area contributed by atoms with Gasteiger partial charge in [-0.2, -0.15) is 0 Å². The highest BCUT2D eigenvalue weighted by Gasteiger charge is 2.23. The molecular formula is C19H22N2O2. The molecule has 0 radical (unpaired) electrons. The van der Waals surface area contributed by atoms with Gasteiger partial charge in [0.05, 0.1) is 11.4 Å². The molecule has 4 nitrogen and oxygen atoms in total. The number of anilines is 3. The summed E-state index contributed by atoms with van der Waals surface area (Å²) in [6.07, 6.45) is 1.20. The third kappa shape index (κ3) is 3.59. The van der Waals surface area contributed by atoms with Gasteiger partial charge in [-0.25, -0.2) is 0 Å². The van der Waals surface area contributed by atoms with Crippen LogP contribution in [0, 0.1) is 0 Å². The first-order valence-corrected chi connectivity index (χ1v) is 7.80. The summed E-state index contributed by atoms with van der Waals surface area (Å²) in [6.45, 7) is 5.78. The molecule has 0 saturated heterocycles. The molecule has 0 heterocycles. The van der Waals surface area contributed by atoms with Crippen molar-refractivity contribution in [3.63, 3.8) is 0 Å². The number of carbonyl (C=O) groups excluding carboxylic acids is 2. The summed E-state index contributed by atoms with van der Waals surface area (Å²) in [4.78, 5) is 27.4. The van der Waals surface area contributed by atoms with E-state index < -0.39 is 0 Å². The summed E-state index contributed by atoms with van der Waals surface area (Å²) in [5.41, 5.74) is 2.21. The summed E-state index contributed by atoms with van der Waals surface area (Å²) in [5.74, 6) is 0.0337. The maximum Gasteiger partial charge on any atom is 0.227 e. The van der Waals surface area contributed by atoms with Crippen LogP contribution in [0.5, 0.6) is 0 Å². The Morgan fingerprint density at radius 1 is 1.00 bits per heavy atom. The maximum atomic E-state index is 12.4. The Morgan fingerprint density at radius 2 is 1.57 bits per heavy atom. The molecule has 4 heteroatoms. The lowest BCUT2D eigenvalue weighted by Gasteiger charge is -2.31. The number of amides is 2. The van der Waals surface area contributed by atoms with Crippen molar-refractivity contribution < 1.29 is 9.59 Å². The fraction of sp³-hybridized carbons (Fsp3) is 0.263. The van der Waals surface area contributed by atoms with Crippen molar-refractivity contribution in [3.8, 4) is 0 Å². The predicted octanol–water partition coefficient (Wildman–Crippen LogP) is 4.13. The molecule has 23 heavy (non-hydrogen) atoms. The fourth-order valence-electron chi connectivity index (χ4n) is 2.59. The summed E-state index contributed by atoms with van der Waals surface area (Å²) in [5, 5.41) is 0. The van der Waals surface area contributed by atoms with Crippen LogP contribution < -0.4 is 9.80 Å². The van der Waals surface area contributed by atoms with Crippen molar-refractivity contribution in [2.45, 2.75) is 33.2 Å². The van der Waals surface area contributed by atoms with E-state index >= 15 is 0 Å². The molecule has 2 aromatic rings. The van der Waals surface area contributed by atoms with Crippen LogP contribution in [0.3, 0.4) is 0 Å². The first-order chi connectivity index (χ1) is 11.1. The van der Waals surface area contributed by atoms with Crippen molar-refractivity contribution in [2.75, 3.05) is 9.80 Å². The molecule has 0 atom stereocenters. The second kappa shape index (κ2) is 7.58. The zero-order valence-corrected chi connectivity index (χ0v) is 13.8. The monoisotopic (exact) mass is 310 g/mol. The standard InChI is InChI=1S/C19H22N2O2/c1-4-19(23)21(15(2)3)18-13-9-8-12-17(18)20(14-22)16-10-6-5-7-11-16/h5-15H,4H2,1-3H3. The van der Waals surface area contributed by atoms with E-state index in [1.807, 2.05) is 75.4 Å². The molecule has 0 bridgehead atoms. The Labute approximate surface area is 137 Å². The van der Waals surface area contributed by atoms with E-state index in [0.717, 1.165) is 17.8 Å². The molecule has 2 amide bonds. The van der Waals surface area contributed by atoms with Crippen LogP contribution in [-0.2, 0) is 9.59 Å². The van der Waals surface area contributed by atoms with Gasteiger partial charge in [0.25, 0.3) is 0 Å². The normalized spacial score (nSPS) is 10.4. The maximum absolute atomic E-state index is 12.4. The topological polar surface area (TPSA) is 40.6 Å². The van der Waals surface area contributed by atoms with Crippen molar-refractivity contribution in [1.29, 1.82) is 0 Å². The molecule has 2 aromatic carbocycles. The van der Waals surface area contributed by atoms with Crippen LogP contribution in [0.25, 0.3) is 0 Å². The number of benzene rings is 2. The number of hydrogen-bond acceptors (Lipinski definition) is 2. The van der Waals surface area contributed by atoms with Gasteiger partial charge < -0.3 is 4.90 Å². The number of carbonyl (C=O) groups is 2. The third-order valence-electron chi connectivity index (χ3n) is 3.63. The Hall–Kier alpha value is -2.62. The minimum absolute atomic E-state index is 0.00729. The van der Waals surface area contributed by atoms with Gasteiger partial charge in [-0.15, -0.1) is 0 Å². The number of para-hydroxylation sites is 3. The number of rotatable bonds is 6. The van der Waals surface area contributed by atoms with Crippen LogP contribution in [-0.4, -0.2) is 18.4 Å². The van der Waals surface area contributed by atoms with E-state index in [1.54, 1.807) is 9.80 Å². The predicted molar refractivity (Wildman–Crippen MR) is 94.0 cm³/mol. The minimum Gasteiger partial charge on any atom is -0.308 e. The van der Waals surface area contributed by atoms with Crippen molar-refractivity contribution in [3.05, 3.63) is 54.6 Å². The van der Waals surface area contributed by atoms with Crippen LogP contribution in [0.1, 0.15) is 27.2 Å². The van der Waals surface area contributed by atoms with Crippen LogP contribution in [0.4, 0.5) is 17.1 Å². The van der Waals surface area contributed by atoms with E-state index in [-0.39, 0.29) is 11.9 Å². The van der Waals surface area contributed by atoms with Gasteiger partial charge in [0.1, 0.15) is 0 Å². The second-order valence-electron chi connectivity index (χ2n) is 5.51. The largest absolute Gasteiger partial charge is 0.308 e. The Morgan fingerprint density at radius 3 is 2.09 bits per heavy atom. The van der Waals surface area contributed by atoms with Gasteiger partial charge in [0, 0.05) is 18.2 Å². The Bertz CT molecular complexity index is 668. The molecule has 120 valence electrons. The molecule has 0 saturated carbocycles. The Balaban J connectivity index is 2.55. The number of hydrogen-bond donors (Lipinski definition) is 0. The van der Waals surface area contributed by atoms with E-state index in [9.17, 15) is 9.59 Å². The molecule has 0 aromatic heterocycles. The van der Waals surface area contributed by atoms with Gasteiger partial charge >= 0.3 is 0 Å². The van der Waals surface area contributed by atoms with E-state index in [4.69, 9.17) is 0 Å².